The molecule has 2 aliphatic rings. The van der Waals surface area contributed by atoms with Crippen molar-refractivity contribution in [1.82, 2.24) is 20.6 Å². The number of nitrogens with one attached hydrogen (secondary N) is 5. The molecule has 0 aliphatic carbocycles. The molecule has 2 aliphatic heterocycles. The molecule has 0 aromatic carbocycles. The largest absolute Gasteiger partial charge is 0.354 e. The number of carbonyl (C=O) groups excluding carboxylic acids is 1. The van der Waals surface area contributed by atoms with Crippen molar-refractivity contribution < 1.29 is 4.79 Å². The quantitative estimate of drug-likeness (QED) is 0.533. The first kappa shape index (κ1) is 16.8. The number of amides is 1. The highest BCUT2D eigenvalue weighted by Crippen LogP contribution is 2.12. The predicted octanol–water partition coefficient (Wildman–Crippen LogP) is 0.471. The predicted molar refractivity (Wildman–Crippen MR) is 104 cm³/mol. The molecule has 10 nitrogen and oxygen atoms in total. The Morgan fingerprint density at radius 2 is 1.48 bits per heavy atom. The second kappa shape index (κ2) is 7.68. The summed E-state index contributed by atoms with van der Waals surface area (Å²) >= 11 is 0. The molecule has 5 N–H and O–H groups in total. The maximum absolute atomic E-state index is 12.3. The molecule has 10 heteroatoms. The first-order valence-corrected chi connectivity index (χ1v) is 8.60. The smallest absolute Gasteiger partial charge is 0.275 e. The number of hydrogen-bond acceptors (Lipinski definition) is 9. The minimum atomic E-state index is -0.326. The van der Waals surface area contributed by atoms with Crippen LogP contribution in [-0.4, -0.2) is 54.0 Å². The summed E-state index contributed by atoms with van der Waals surface area (Å²) in [6.45, 7) is 3.16. The minimum absolute atomic E-state index is 0.301. The third-order valence-electron chi connectivity index (χ3n) is 3.88. The van der Waals surface area contributed by atoms with Gasteiger partial charge >= 0.3 is 0 Å². The fourth-order valence-corrected chi connectivity index (χ4v) is 2.56. The van der Waals surface area contributed by atoms with Gasteiger partial charge in [0.15, 0.2) is 11.9 Å². The lowest BCUT2D eigenvalue weighted by Gasteiger charge is -2.09. The van der Waals surface area contributed by atoms with E-state index in [0.29, 0.717) is 17.5 Å². The van der Waals surface area contributed by atoms with E-state index >= 15 is 0 Å². The summed E-state index contributed by atoms with van der Waals surface area (Å²) in [7, 11) is 0. The number of guanidine groups is 2. The van der Waals surface area contributed by atoms with E-state index in [2.05, 4.69) is 46.5 Å². The lowest BCUT2D eigenvalue weighted by molar-refractivity contribution is 0.102. The van der Waals surface area contributed by atoms with Crippen LogP contribution in [0.25, 0.3) is 0 Å². The zero-order valence-electron chi connectivity index (χ0n) is 14.5. The van der Waals surface area contributed by atoms with Crippen molar-refractivity contribution in [3.63, 3.8) is 0 Å². The van der Waals surface area contributed by atoms with E-state index in [1.54, 1.807) is 30.6 Å². The van der Waals surface area contributed by atoms with Crippen LogP contribution in [-0.2, 0) is 0 Å². The average molecular weight is 365 g/mol. The molecule has 27 heavy (non-hydrogen) atoms. The number of anilines is 3. The molecule has 0 bridgehead atoms. The summed E-state index contributed by atoms with van der Waals surface area (Å²) < 4.78 is 0. The van der Waals surface area contributed by atoms with Crippen LogP contribution in [0.1, 0.15) is 10.5 Å². The van der Waals surface area contributed by atoms with Crippen molar-refractivity contribution in [2.75, 3.05) is 42.1 Å². The van der Waals surface area contributed by atoms with E-state index in [1.165, 1.54) is 0 Å². The van der Waals surface area contributed by atoms with Crippen LogP contribution in [0.3, 0.4) is 0 Å². The molecule has 0 radical (unpaired) electrons. The fourth-order valence-electron chi connectivity index (χ4n) is 2.56. The Balaban J connectivity index is 1.34. The van der Waals surface area contributed by atoms with E-state index in [1.807, 2.05) is 6.07 Å². The van der Waals surface area contributed by atoms with Crippen molar-refractivity contribution in [1.29, 1.82) is 0 Å². The molecule has 0 fully saturated rings. The second-order valence-electron chi connectivity index (χ2n) is 5.88. The maximum Gasteiger partial charge on any atom is 0.275 e. The summed E-state index contributed by atoms with van der Waals surface area (Å²) in [6.07, 6.45) is 3.22. The molecule has 0 saturated heterocycles. The van der Waals surface area contributed by atoms with Crippen LogP contribution in [0, 0.1) is 0 Å². The molecule has 0 spiro atoms. The van der Waals surface area contributed by atoms with Crippen LogP contribution in [0.15, 0.2) is 46.6 Å². The first-order valence-electron chi connectivity index (χ1n) is 8.60. The Kier molecular flexibility index (Phi) is 4.77. The second-order valence-corrected chi connectivity index (χ2v) is 5.88. The van der Waals surface area contributed by atoms with Crippen LogP contribution in [0.5, 0.6) is 0 Å². The first-order chi connectivity index (χ1) is 13.3. The van der Waals surface area contributed by atoms with Crippen LogP contribution < -0.4 is 26.6 Å². The van der Waals surface area contributed by atoms with Crippen LogP contribution >= 0.6 is 0 Å². The van der Waals surface area contributed by atoms with Gasteiger partial charge in [0.05, 0.1) is 36.9 Å². The molecular formula is C17H19N9O. The molecule has 0 saturated carbocycles. The van der Waals surface area contributed by atoms with Gasteiger partial charge in [0.25, 0.3) is 5.91 Å². The van der Waals surface area contributed by atoms with Gasteiger partial charge in [0, 0.05) is 13.1 Å². The van der Waals surface area contributed by atoms with Gasteiger partial charge < -0.3 is 26.6 Å². The highest BCUT2D eigenvalue weighted by molar-refractivity contribution is 6.03. The molecular weight excluding hydrogens is 346 g/mol. The van der Waals surface area contributed by atoms with Crippen molar-refractivity contribution in [2.45, 2.75) is 0 Å². The lowest BCUT2D eigenvalue weighted by atomic mass is 10.3. The molecule has 4 heterocycles. The van der Waals surface area contributed by atoms with E-state index < -0.39 is 0 Å². The molecule has 2 aromatic heterocycles. The number of carbonyl (C=O) groups is 1. The van der Waals surface area contributed by atoms with Crippen molar-refractivity contribution in [3.05, 3.63) is 42.4 Å². The Labute approximate surface area is 155 Å². The number of pyridine rings is 2. The van der Waals surface area contributed by atoms with Crippen LogP contribution in [0.2, 0.25) is 0 Å². The summed E-state index contributed by atoms with van der Waals surface area (Å²) in [6, 6.07) is 6.96. The molecule has 0 atom stereocenters. The standard InChI is InChI=1S/C17H19N9O/c27-15(13-3-1-11(9-22-13)24-16-18-5-6-19-16)26-14-4-2-12(10-23-14)25-17-20-7-8-21-17/h1-4,9-10H,5-8H2,(H2,18,19,24)(H2,20,21,25)(H,23,26,27). The Morgan fingerprint density at radius 1 is 0.852 bits per heavy atom. The fraction of sp³-hybridized carbons (Fsp3) is 0.235. The third-order valence-corrected chi connectivity index (χ3v) is 3.88. The van der Waals surface area contributed by atoms with E-state index in [4.69, 9.17) is 0 Å². The lowest BCUT2D eigenvalue weighted by Crippen LogP contribution is -2.26. The number of nitrogens with zero attached hydrogens (tertiary/aromatic N) is 4. The maximum atomic E-state index is 12.3. The molecule has 0 unspecified atom stereocenters. The normalized spacial score (nSPS) is 15.3. The van der Waals surface area contributed by atoms with Gasteiger partial charge in [0.2, 0.25) is 0 Å². The van der Waals surface area contributed by atoms with Crippen molar-refractivity contribution >= 4 is 35.0 Å². The number of rotatable bonds is 4. The number of hydrogen-bond donors (Lipinski definition) is 5. The van der Waals surface area contributed by atoms with Gasteiger partial charge in [-0.3, -0.25) is 14.8 Å². The van der Waals surface area contributed by atoms with E-state index in [-0.39, 0.29) is 5.91 Å². The molecule has 138 valence electrons. The molecule has 1 amide bonds. The van der Waals surface area contributed by atoms with E-state index in [9.17, 15) is 4.79 Å². The monoisotopic (exact) mass is 365 g/mol. The highest BCUT2D eigenvalue weighted by atomic mass is 16.1. The molecule has 4 rings (SSSR count). The van der Waals surface area contributed by atoms with E-state index in [0.717, 1.165) is 43.5 Å². The Morgan fingerprint density at radius 3 is 1.96 bits per heavy atom. The summed E-state index contributed by atoms with van der Waals surface area (Å²) in [5.41, 5.74) is 1.85. The Bertz CT molecular complexity index is 874. The Hall–Kier alpha value is -3.69. The zero-order chi connectivity index (χ0) is 18.5. The SMILES string of the molecule is O=C(Nc1ccc(NC2=NCCN2)cn1)c1ccc(NC2=NCCN2)cn1. The van der Waals surface area contributed by atoms with Crippen LogP contribution in [0.4, 0.5) is 17.2 Å². The van der Waals surface area contributed by atoms with Crippen molar-refractivity contribution in [2.24, 2.45) is 9.98 Å². The zero-order valence-corrected chi connectivity index (χ0v) is 14.5. The molecule has 2 aromatic rings. The van der Waals surface area contributed by atoms with Gasteiger partial charge in [-0.15, -0.1) is 0 Å². The number of aromatic nitrogens is 2. The number of aliphatic imine (C=N–C) groups is 2. The van der Waals surface area contributed by atoms with Gasteiger partial charge in [-0.25, -0.2) is 9.97 Å². The van der Waals surface area contributed by atoms with Gasteiger partial charge in [-0.2, -0.15) is 0 Å². The summed E-state index contributed by atoms with van der Waals surface area (Å²) in [5, 5.41) is 15.2. The highest BCUT2D eigenvalue weighted by Gasteiger charge is 2.10. The minimum Gasteiger partial charge on any atom is -0.354 e. The van der Waals surface area contributed by atoms with Gasteiger partial charge in [0.1, 0.15) is 11.5 Å². The van der Waals surface area contributed by atoms with Gasteiger partial charge in [-0.05, 0) is 24.3 Å². The van der Waals surface area contributed by atoms with Gasteiger partial charge in [-0.1, -0.05) is 0 Å². The summed E-state index contributed by atoms with van der Waals surface area (Å²) in [4.78, 5) is 29.2. The summed E-state index contributed by atoms with van der Waals surface area (Å²) in [5.74, 6) is 1.56. The van der Waals surface area contributed by atoms with Crippen molar-refractivity contribution in [3.8, 4) is 0 Å². The topological polar surface area (TPSA) is 128 Å². The average Bonchev–Trinajstić information content (AvgIpc) is 3.38. The third kappa shape index (κ3) is 4.29.